The summed E-state index contributed by atoms with van der Waals surface area (Å²) in [6.45, 7) is 11.4. The lowest BCUT2D eigenvalue weighted by atomic mass is 9.83. The van der Waals surface area contributed by atoms with Crippen LogP contribution in [0.25, 0.3) is 17.2 Å². The molecule has 2 heterocycles. The van der Waals surface area contributed by atoms with Crippen LogP contribution >= 0.6 is 0 Å². The van der Waals surface area contributed by atoms with Crippen molar-refractivity contribution < 1.29 is 21.4 Å². The highest BCUT2D eigenvalue weighted by Gasteiger charge is 2.39. The first-order valence-electron chi connectivity index (χ1n) is 25.9. The number of aryl methyl sites for hydroxylation is 1. The van der Waals surface area contributed by atoms with Crippen LogP contribution in [0.2, 0.25) is 0 Å². The summed E-state index contributed by atoms with van der Waals surface area (Å²) in [7, 11) is 0. The number of hydrogen-bond donors (Lipinski definition) is 1. The first kappa shape index (κ1) is 52.6. The average molecular weight is 859 g/mol. The predicted molar refractivity (Wildman–Crippen MR) is 264 cm³/mol. The van der Waals surface area contributed by atoms with Gasteiger partial charge in [0.05, 0.1) is 6.08 Å². The summed E-state index contributed by atoms with van der Waals surface area (Å²) in [4.78, 5) is 2.58. The minimum absolute atomic E-state index is 0. The molecular weight excluding hydrogens is 766 g/mol. The number of unbranched alkanes of at least 4 members (excludes halogenated alkanes) is 30. The van der Waals surface area contributed by atoms with Crippen molar-refractivity contribution in [2.75, 3.05) is 17.2 Å². The number of para-hydroxylation sites is 2. The fourth-order valence-corrected chi connectivity index (χ4v) is 9.70. The zero-order valence-electron chi connectivity index (χ0n) is 40.1. The van der Waals surface area contributed by atoms with Crippen LogP contribution < -0.4 is 27.6 Å². The molecule has 0 unspecified atom stereocenters. The summed E-state index contributed by atoms with van der Waals surface area (Å²) < 4.78 is 8.88. The summed E-state index contributed by atoms with van der Waals surface area (Å²) in [6.07, 6.45) is 51.4. The molecule has 0 saturated heterocycles. The number of hydrogen-bond acceptors (Lipinski definition) is 3. The second kappa shape index (κ2) is 32.0. The zero-order chi connectivity index (χ0) is 42.5. The van der Waals surface area contributed by atoms with Gasteiger partial charge in [-0.25, -0.2) is 0 Å². The smallest absolute Gasteiger partial charge is 0.374 e. The summed E-state index contributed by atoms with van der Waals surface area (Å²) in [5, 5.41) is 0. The van der Waals surface area contributed by atoms with E-state index >= 15 is 0 Å². The maximum absolute atomic E-state index is 6.48. The van der Waals surface area contributed by atoms with E-state index in [1.54, 1.807) is 0 Å². The number of aromatic nitrogens is 1. The Hall–Kier alpha value is -2.72. The molecule has 0 atom stereocenters. The molecule has 0 bridgehead atoms. The van der Waals surface area contributed by atoms with Gasteiger partial charge in [-0.15, -0.1) is 0 Å². The largest absolute Gasteiger partial charge is 1.00 e. The third-order valence-electron chi connectivity index (χ3n) is 13.5. The minimum atomic E-state index is -0.124. The molecule has 3 aromatic rings. The van der Waals surface area contributed by atoms with Crippen molar-refractivity contribution in [3.05, 3.63) is 71.8 Å². The highest BCUT2D eigenvalue weighted by Crippen LogP contribution is 2.48. The molecule has 0 aliphatic carbocycles. The van der Waals surface area contributed by atoms with E-state index < -0.39 is 0 Å². The van der Waals surface area contributed by atoms with E-state index in [2.05, 4.69) is 97.9 Å². The third-order valence-corrected chi connectivity index (χ3v) is 13.5. The molecular formula is C56H92ClN3O. The van der Waals surface area contributed by atoms with Crippen molar-refractivity contribution in [2.45, 2.75) is 245 Å². The SMILES string of the molecule is CCCCCCCCCCCCCCCCCCN1/C(=C/C=C/c2oc3ccccc3[n+]2CCCCCCCCCCCCCCCCCC)C(C)(C)c2cc(N)ccc21.[Cl-]. The molecule has 1 aliphatic heterocycles. The van der Waals surface area contributed by atoms with E-state index in [1.165, 1.54) is 228 Å². The summed E-state index contributed by atoms with van der Waals surface area (Å²) in [5.41, 5.74) is 13.2. The lowest BCUT2D eigenvalue weighted by Gasteiger charge is -2.27. The summed E-state index contributed by atoms with van der Waals surface area (Å²) in [5.74, 6) is 0.941. The van der Waals surface area contributed by atoms with Crippen LogP contribution in [0.15, 0.2) is 64.7 Å². The first-order chi connectivity index (χ1) is 29.5. The lowest BCUT2D eigenvalue weighted by Crippen LogP contribution is -3.00. The number of allylic oxidation sites excluding steroid dienone is 3. The van der Waals surface area contributed by atoms with E-state index in [9.17, 15) is 0 Å². The molecule has 0 radical (unpaired) electrons. The first-order valence-corrected chi connectivity index (χ1v) is 25.9. The second-order valence-corrected chi connectivity index (χ2v) is 19.1. The number of nitrogens with zero attached hydrogens (tertiary/aromatic N) is 2. The van der Waals surface area contributed by atoms with Gasteiger partial charge in [-0.05, 0) is 48.7 Å². The van der Waals surface area contributed by atoms with Gasteiger partial charge in [0.15, 0.2) is 6.54 Å². The van der Waals surface area contributed by atoms with E-state index in [1.807, 2.05) is 0 Å². The molecule has 61 heavy (non-hydrogen) atoms. The van der Waals surface area contributed by atoms with Crippen molar-refractivity contribution >= 4 is 28.6 Å². The highest BCUT2D eigenvalue weighted by molar-refractivity contribution is 5.74. The quantitative estimate of drug-likeness (QED) is 0.0360. The molecule has 0 saturated carbocycles. The Morgan fingerprint density at radius 2 is 1.02 bits per heavy atom. The molecule has 2 aromatic carbocycles. The van der Waals surface area contributed by atoms with Crippen LogP contribution in [0.5, 0.6) is 0 Å². The predicted octanol–water partition coefficient (Wildman–Crippen LogP) is 14.5. The number of nitrogens with two attached hydrogens (primary N) is 1. The average Bonchev–Trinajstić information content (AvgIpc) is 3.70. The molecule has 0 spiro atoms. The maximum atomic E-state index is 6.48. The summed E-state index contributed by atoms with van der Waals surface area (Å²) in [6, 6.07) is 15.1. The van der Waals surface area contributed by atoms with E-state index in [0.717, 1.165) is 30.3 Å². The number of nitrogen functional groups attached to an aromatic ring is 1. The standard InChI is InChI=1S/C56H92N3O.ClH/c1-5-7-9-11-13-15-17-19-21-23-25-27-29-31-33-37-46-58-51-45-44-49(57)48-50(51)56(3,4)54(58)42-39-43-55-59(52-40-35-36-41-53(52)60-55)47-38-34-32-30-28-26-24-22-20-18-16-14-12-10-8-6-2;/h35-36,39-45,48H,5-34,37-38,46-47,57H2,1-4H3;1H/q+1;/p-1. The molecule has 4 nitrogen and oxygen atoms in total. The van der Waals surface area contributed by atoms with Gasteiger partial charge in [-0.1, -0.05) is 232 Å². The van der Waals surface area contributed by atoms with Crippen molar-refractivity contribution in [1.29, 1.82) is 0 Å². The van der Waals surface area contributed by atoms with Crippen molar-refractivity contribution in [3.8, 4) is 0 Å². The van der Waals surface area contributed by atoms with Gasteiger partial charge in [-0.3, -0.25) is 0 Å². The Labute approximate surface area is 382 Å². The molecule has 0 amide bonds. The monoisotopic (exact) mass is 858 g/mol. The van der Waals surface area contributed by atoms with Gasteiger partial charge >= 0.3 is 5.89 Å². The van der Waals surface area contributed by atoms with E-state index in [4.69, 9.17) is 10.2 Å². The number of halogens is 1. The Balaban J connectivity index is 0.00000992. The van der Waals surface area contributed by atoms with Gasteiger partial charge in [0, 0.05) is 41.5 Å². The van der Waals surface area contributed by atoms with Gasteiger partial charge in [0.2, 0.25) is 5.58 Å². The maximum Gasteiger partial charge on any atom is 0.374 e. The fraction of sp³-hybridized carbons (Fsp3) is 0.696. The molecule has 344 valence electrons. The molecule has 1 aromatic heterocycles. The zero-order valence-corrected chi connectivity index (χ0v) is 40.8. The summed E-state index contributed by atoms with van der Waals surface area (Å²) >= 11 is 0. The third kappa shape index (κ3) is 19.3. The van der Waals surface area contributed by atoms with Crippen LogP contribution in [-0.4, -0.2) is 6.54 Å². The van der Waals surface area contributed by atoms with Gasteiger partial charge in [-0.2, -0.15) is 4.57 Å². The minimum Gasteiger partial charge on any atom is -1.00 e. The number of rotatable bonds is 36. The molecule has 1 aliphatic rings. The van der Waals surface area contributed by atoms with Crippen molar-refractivity contribution in [3.63, 3.8) is 0 Å². The van der Waals surface area contributed by atoms with E-state index in [0.29, 0.717) is 0 Å². The van der Waals surface area contributed by atoms with Gasteiger partial charge in [0.25, 0.3) is 5.52 Å². The van der Waals surface area contributed by atoms with Crippen LogP contribution in [0.3, 0.4) is 0 Å². The number of oxazole rings is 1. The van der Waals surface area contributed by atoms with Crippen LogP contribution in [0, 0.1) is 0 Å². The molecule has 4 rings (SSSR count). The van der Waals surface area contributed by atoms with Crippen LogP contribution in [-0.2, 0) is 12.0 Å². The Bertz CT molecular complexity index is 1620. The second-order valence-electron chi connectivity index (χ2n) is 19.1. The Morgan fingerprint density at radius 3 is 1.51 bits per heavy atom. The highest BCUT2D eigenvalue weighted by atomic mass is 35.5. The molecule has 0 fully saturated rings. The lowest BCUT2D eigenvalue weighted by molar-refractivity contribution is -0.678. The Kier molecular flexibility index (Phi) is 27.6. The van der Waals surface area contributed by atoms with Crippen LogP contribution in [0.1, 0.15) is 245 Å². The van der Waals surface area contributed by atoms with Crippen LogP contribution in [0.4, 0.5) is 11.4 Å². The van der Waals surface area contributed by atoms with Gasteiger partial charge < -0.3 is 27.5 Å². The number of fused-ring (bicyclic) bond motifs is 2. The normalized spacial score (nSPS) is 14.2. The van der Waals surface area contributed by atoms with Gasteiger partial charge in [0.1, 0.15) is 0 Å². The van der Waals surface area contributed by atoms with E-state index in [-0.39, 0.29) is 17.8 Å². The fourth-order valence-electron chi connectivity index (χ4n) is 9.70. The molecule has 5 heteroatoms. The van der Waals surface area contributed by atoms with Crippen molar-refractivity contribution in [2.24, 2.45) is 0 Å². The van der Waals surface area contributed by atoms with Crippen molar-refractivity contribution in [1.82, 2.24) is 0 Å². The number of anilines is 2. The number of benzene rings is 2. The topological polar surface area (TPSA) is 46.3 Å². The molecule has 2 N–H and O–H groups in total. The Morgan fingerprint density at radius 1 is 0.574 bits per heavy atom.